The quantitative estimate of drug-likeness (QED) is 0.638. The molecule has 0 aliphatic rings. The number of amides is 1. The molecule has 1 N–H and O–H groups in total. The fourth-order valence-corrected chi connectivity index (χ4v) is 3.49. The van der Waals surface area contributed by atoms with Gasteiger partial charge in [0.2, 0.25) is 5.91 Å². The van der Waals surface area contributed by atoms with Gasteiger partial charge >= 0.3 is 0 Å². The van der Waals surface area contributed by atoms with Gasteiger partial charge in [0.1, 0.15) is 5.75 Å². The van der Waals surface area contributed by atoms with Crippen LogP contribution in [-0.2, 0) is 10.5 Å². The van der Waals surface area contributed by atoms with Crippen LogP contribution in [0.4, 0.5) is 0 Å². The van der Waals surface area contributed by atoms with Gasteiger partial charge in [-0.3, -0.25) is 4.79 Å². The number of halogens is 2. The van der Waals surface area contributed by atoms with Gasteiger partial charge in [0.15, 0.2) is 0 Å². The lowest BCUT2D eigenvalue weighted by atomic mass is 10.0. The molecule has 6 heteroatoms. The molecule has 0 aliphatic heterocycles. The van der Waals surface area contributed by atoms with Gasteiger partial charge in [0.25, 0.3) is 0 Å². The van der Waals surface area contributed by atoms with Crippen LogP contribution in [0.15, 0.2) is 42.5 Å². The smallest absolute Gasteiger partial charge is 0.230 e. The Morgan fingerprint density at radius 1 is 1.16 bits per heavy atom. The normalized spacial score (nSPS) is 11.8. The number of carbonyl (C=O) groups excluding carboxylic acids is 1. The van der Waals surface area contributed by atoms with Crippen LogP contribution in [0, 0.1) is 0 Å². The Balaban J connectivity index is 1.83. The summed E-state index contributed by atoms with van der Waals surface area (Å²) in [5.74, 6) is 1.94. The molecule has 0 aliphatic carbocycles. The first-order chi connectivity index (χ1) is 12.0. The van der Waals surface area contributed by atoms with E-state index < -0.39 is 0 Å². The number of carbonyl (C=O) groups is 1. The molecular weight excluding hydrogens is 377 g/mol. The second-order valence-corrected chi connectivity index (χ2v) is 7.34. The maximum absolute atomic E-state index is 12.2. The van der Waals surface area contributed by atoms with Crippen LogP contribution in [0.1, 0.15) is 30.5 Å². The van der Waals surface area contributed by atoms with Gasteiger partial charge in [-0.1, -0.05) is 48.3 Å². The third kappa shape index (κ3) is 6.14. The maximum atomic E-state index is 12.2. The highest BCUT2D eigenvalue weighted by molar-refractivity contribution is 7.99. The minimum atomic E-state index is 0.00369. The van der Waals surface area contributed by atoms with E-state index >= 15 is 0 Å². The highest BCUT2D eigenvalue weighted by atomic mass is 35.5. The Bertz CT molecular complexity index is 707. The average Bonchev–Trinajstić information content (AvgIpc) is 2.63. The molecule has 0 fully saturated rings. The van der Waals surface area contributed by atoms with E-state index in [1.165, 1.54) is 0 Å². The van der Waals surface area contributed by atoms with Crippen molar-refractivity contribution in [3.05, 3.63) is 63.6 Å². The van der Waals surface area contributed by atoms with Gasteiger partial charge in [-0.15, -0.1) is 11.8 Å². The van der Waals surface area contributed by atoms with Gasteiger partial charge in [0.05, 0.1) is 28.9 Å². The molecule has 0 unspecified atom stereocenters. The van der Waals surface area contributed by atoms with E-state index in [1.54, 1.807) is 24.9 Å². The van der Waals surface area contributed by atoms with Gasteiger partial charge in [-0.25, -0.2) is 0 Å². The fraction of sp³-hybridized carbons (Fsp3) is 0.316. The molecule has 0 spiro atoms. The van der Waals surface area contributed by atoms with Crippen molar-refractivity contribution < 1.29 is 9.53 Å². The zero-order chi connectivity index (χ0) is 18.2. The number of methoxy groups -OCH3 is 1. The summed E-state index contributed by atoms with van der Waals surface area (Å²) in [6, 6.07) is 13.3. The SMILES string of the molecule is CC[C@H](NC(=O)CSCc1ccc(Cl)c(Cl)c1)c1ccc(OC)cc1. The Hall–Kier alpha value is -1.36. The lowest BCUT2D eigenvalue weighted by Gasteiger charge is -2.17. The molecule has 2 aromatic rings. The molecule has 0 aromatic heterocycles. The van der Waals surface area contributed by atoms with E-state index in [0.29, 0.717) is 21.6 Å². The van der Waals surface area contributed by atoms with Crippen LogP contribution >= 0.6 is 35.0 Å². The van der Waals surface area contributed by atoms with E-state index in [9.17, 15) is 4.79 Å². The summed E-state index contributed by atoms with van der Waals surface area (Å²) in [6.45, 7) is 2.05. The number of ether oxygens (including phenoxy) is 1. The van der Waals surface area contributed by atoms with Crippen molar-refractivity contribution in [3.63, 3.8) is 0 Å². The van der Waals surface area contributed by atoms with Crippen LogP contribution in [0.2, 0.25) is 10.0 Å². The van der Waals surface area contributed by atoms with Crippen molar-refractivity contribution in [1.29, 1.82) is 0 Å². The Morgan fingerprint density at radius 2 is 1.88 bits per heavy atom. The summed E-state index contributed by atoms with van der Waals surface area (Å²) >= 11 is 13.5. The molecule has 0 saturated carbocycles. The largest absolute Gasteiger partial charge is 0.497 e. The molecule has 1 amide bonds. The number of thioether (sulfide) groups is 1. The first kappa shape index (κ1) is 20.0. The van der Waals surface area contributed by atoms with E-state index in [-0.39, 0.29) is 11.9 Å². The van der Waals surface area contributed by atoms with Crippen molar-refractivity contribution in [2.75, 3.05) is 12.9 Å². The van der Waals surface area contributed by atoms with Crippen LogP contribution < -0.4 is 10.1 Å². The van der Waals surface area contributed by atoms with Crippen LogP contribution in [-0.4, -0.2) is 18.8 Å². The molecule has 25 heavy (non-hydrogen) atoms. The van der Waals surface area contributed by atoms with E-state index in [0.717, 1.165) is 23.3 Å². The molecular formula is C19H21Cl2NO2S. The summed E-state index contributed by atoms with van der Waals surface area (Å²) in [5, 5.41) is 4.16. The summed E-state index contributed by atoms with van der Waals surface area (Å²) < 4.78 is 5.17. The molecule has 0 radical (unpaired) electrons. The highest BCUT2D eigenvalue weighted by Crippen LogP contribution is 2.25. The monoisotopic (exact) mass is 397 g/mol. The van der Waals surface area contributed by atoms with E-state index in [1.807, 2.05) is 36.4 Å². The first-order valence-corrected chi connectivity index (χ1v) is 9.89. The van der Waals surface area contributed by atoms with Gasteiger partial charge < -0.3 is 10.1 Å². The molecule has 1 atom stereocenters. The molecule has 0 saturated heterocycles. The zero-order valence-electron chi connectivity index (χ0n) is 14.2. The zero-order valence-corrected chi connectivity index (χ0v) is 16.5. The Kier molecular flexibility index (Phi) is 7.94. The lowest BCUT2D eigenvalue weighted by molar-refractivity contribution is -0.119. The average molecular weight is 398 g/mol. The van der Waals surface area contributed by atoms with Crippen LogP contribution in [0.5, 0.6) is 5.75 Å². The molecule has 0 heterocycles. The molecule has 2 rings (SSSR count). The molecule has 3 nitrogen and oxygen atoms in total. The first-order valence-electron chi connectivity index (χ1n) is 7.98. The van der Waals surface area contributed by atoms with Crippen molar-refractivity contribution in [3.8, 4) is 5.75 Å². The summed E-state index contributed by atoms with van der Waals surface area (Å²) in [4.78, 5) is 12.2. The van der Waals surface area contributed by atoms with Crippen molar-refractivity contribution in [2.45, 2.75) is 25.1 Å². The number of rotatable bonds is 8. The van der Waals surface area contributed by atoms with E-state index in [4.69, 9.17) is 27.9 Å². The minimum absolute atomic E-state index is 0.00369. The third-order valence-electron chi connectivity index (χ3n) is 3.75. The Labute approximate surface area is 163 Å². The second kappa shape index (κ2) is 9.95. The van der Waals surface area contributed by atoms with Gasteiger partial charge in [0, 0.05) is 5.75 Å². The van der Waals surface area contributed by atoms with E-state index in [2.05, 4.69) is 12.2 Å². The standard InChI is InChI=1S/C19H21Cl2NO2S/c1-3-18(14-5-7-15(24-2)8-6-14)22-19(23)12-25-11-13-4-9-16(20)17(21)10-13/h4-10,18H,3,11-12H2,1-2H3,(H,22,23)/t18-/m0/s1. The number of hydrogen-bond acceptors (Lipinski definition) is 3. The van der Waals surface area contributed by atoms with Crippen molar-refractivity contribution >= 4 is 40.9 Å². The predicted molar refractivity (Wildman–Crippen MR) is 107 cm³/mol. The van der Waals surface area contributed by atoms with Crippen molar-refractivity contribution in [2.24, 2.45) is 0 Å². The van der Waals surface area contributed by atoms with Gasteiger partial charge in [-0.2, -0.15) is 0 Å². The second-order valence-electron chi connectivity index (χ2n) is 5.54. The van der Waals surface area contributed by atoms with Crippen molar-refractivity contribution in [1.82, 2.24) is 5.32 Å². The molecule has 134 valence electrons. The molecule has 2 aromatic carbocycles. The summed E-state index contributed by atoms with van der Waals surface area (Å²) in [5.41, 5.74) is 2.13. The minimum Gasteiger partial charge on any atom is -0.497 e. The van der Waals surface area contributed by atoms with Crippen LogP contribution in [0.3, 0.4) is 0 Å². The summed E-state index contributed by atoms with van der Waals surface area (Å²) in [7, 11) is 1.64. The Morgan fingerprint density at radius 3 is 2.48 bits per heavy atom. The topological polar surface area (TPSA) is 38.3 Å². The molecule has 0 bridgehead atoms. The predicted octanol–water partition coefficient (Wildman–Crippen LogP) is 5.50. The highest BCUT2D eigenvalue weighted by Gasteiger charge is 2.13. The third-order valence-corrected chi connectivity index (χ3v) is 5.49. The fourth-order valence-electron chi connectivity index (χ4n) is 2.38. The van der Waals surface area contributed by atoms with Gasteiger partial charge in [-0.05, 0) is 41.8 Å². The van der Waals surface area contributed by atoms with Crippen LogP contribution in [0.25, 0.3) is 0 Å². The number of benzene rings is 2. The maximum Gasteiger partial charge on any atom is 0.230 e. The number of hydrogen-bond donors (Lipinski definition) is 1. The lowest BCUT2D eigenvalue weighted by Crippen LogP contribution is -2.29. The number of nitrogens with one attached hydrogen (secondary N) is 1. The summed E-state index contributed by atoms with van der Waals surface area (Å²) in [6.07, 6.45) is 0.829.